The van der Waals surface area contributed by atoms with E-state index in [0.717, 1.165) is 17.9 Å². The summed E-state index contributed by atoms with van der Waals surface area (Å²) in [5.41, 5.74) is 5.96. The van der Waals surface area contributed by atoms with Crippen molar-refractivity contribution in [2.45, 2.75) is 38.5 Å². The molecule has 0 N–H and O–H groups in total. The highest BCUT2D eigenvalue weighted by molar-refractivity contribution is 5.79. The standard InChI is InChI=1S/C16H20O2/c1-17-14-10-9-12-7-3-5-11-6-4-8-13(11)15(12)16(14)18-2/h9-10H,3-8H2,1-2H3. The second kappa shape index (κ2) is 4.68. The van der Waals surface area contributed by atoms with Gasteiger partial charge >= 0.3 is 0 Å². The van der Waals surface area contributed by atoms with E-state index < -0.39 is 0 Å². The first-order valence-corrected chi connectivity index (χ1v) is 6.80. The van der Waals surface area contributed by atoms with Gasteiger partial charge in [0.05, 0.1) is 14.2 Å². The van der Waals surface area contributed by atoms with Crippen LogP contribution >= 0.6 is 0 Å². The van der Waals surface area contributed by atoms with Crippen LogP contribution in [0.4, 0.5) is 0 Å². The first-order valence-electron chi connectivity index (χ1n) is 6.80. The summed E-state index contributed by atoms with van der Waals surface area (Å²) in [6, 6.07) is 4.25. The molecule has 2 heteroatoms. The number of hydrogen-bond donors (Lipinski definition) is 0. The Labute approximate surface area is 109 Å². The van der Waals surface area contributed by atoms with E-state index in [2.05, 4.69) is 6.07 Å². The van der Waals surface area contributed by atoms with E-state index in [1.54, 1.807) is 25.4 Å². The fraction of sp³-hybridized carbons (Fsp3) is 0.500. The van der Waals surface area contributed by atoms with Gasteiger partial charge in [0.2, 0.25) is 0 Å². The molecule has 0 saturated heterocycles. The molecular formula is C16H20O2. The Bertz CT molecular complexity index is 500. The molecule has 0 heterocycles. The van der Waals surface area contributed by atoms with E-state index in [1.807, 2.05) is 6.07 Å². The summed E-state index contributed by atoms with van der Waals surface area (Å²) in [6.45, 7) is 0. The van der Waals surface area contributed by atoms with Crippen LogP contribution in [-0.2, 0) is 6.42 Å². The summed E-state index contributed by atoms with van der Waals surface area (Å²) in [5.74, 6) is 1.79. The van der Waals surface area contributed by atoms with Crippen molar-refractivity contribution in [3.8, 4) is 11.5 Å². The van der Waals surface area contributed by atoms with Gasteiger partial charge in [0.25, 0.3) is 0 Å². The lowest BCUT2D eigenvalue weighted by molar-refractivity contribution is 0.353. The Morgan fingerprint density at radius 2 is 1.67 bits per heavy atom. The van der Waals surface area contributed by atoms with Crippen LogP contribution in [0.2, 0.25) is 0 Å². The molecule has 0 bridgehead atoms. The Morgan fingerprint density at radius 1 is 0.889 bits per heavy atom. The molecule has 0 fully saturated rings. The maximum absolute atomic E-state index is 5.64. The zero-order chi connectivity index (χ0) is 12.5. The highest BCUT2D eigenvalue weighted by Gasteiger charge is 2.25. The van der Waals surface area contributed by atoms with Crippen molar-refractivity contribution in [1.82, 2.24) is 0 Å². The lowest BCUT2D eigenvalue weighted by atomic mass is 9.96. The minimum absolute atomic E-state index is 0.858. The zero-order valence-corrected chi connectivity index (χ0v) is 11.2. The lowest BCUT2D eigenvalue weighted by Gasteiger charge is -2.17. The van der Waals surface area contributed by atoms with Gasteiger partial charge in [0.15, 0.2) is 11.5 Å². The molecule has 1 aromatic rings. The van der Waals surface area contributed by atoms with Crippen LogP contribution < -0.4 is 9.47 Å². The summed E-state index contributed by atoms with van der Waals surface area (Å²) in [7, 11) is 3.46. The predicted octanol–water partition coefficient (Wildman–Crippen LogP) is 3.98. The van der Waals surface area contributed by atoms with E-state index in [4.69, 9.17) is 9.47 Å². The molecule has 0 saturated carbocycles. The van der Waals surface area contributed by atoms with Crippen molar-refractivity contribution in [3.05, 3.63) is 28.8 Å². The molecule has 0 atom stereocenters. The number of ether oxygens (including phenoxy) is 2. The molecule has 0 unspecified atom stereocenters. The van der Waals surface area contributed by atoms with E-state index in [-0.39, 0.29) is 0 Å². The number of hydrogen-bond acceptors (Lipinski definition) is 2. The molecule has 0 amide bonds. The predicted molar refractivity (Wildman–Crippen MR) is 73.3 cm³/mol. The smallest absolute Gasteiger partial charge is 0.168 e. The van der Waals surface area contributed by atoms with Crippen molar-refractivity contribution in [3.63, 3.8) is 0 Å². The third-order valence-electron chi connectivity index (χ3n) is 4.19. The Kier molecular flexibility index (Phi) is 3.02. The van der Waals surface area contributed by atoms with E-state index >= 15 is 0 Å². The number of methoxy groups -OCH3 is 2. The second-order valence-electron chi connectivity index (χ2n) is 5.12. The molecule has 96 valence electrons. The molecule has 0 aliphatic heterocycles. The summed E-state index contributed by atoms with van der Waals surface area (Å²) in [5, 5.41) is 0. The van der Waals surface area contributed by atoms with Crippen LogP contribution in [0, 0.1) is 0 Å². The maximum atomic E-state index is 5.64. The van der Waals surface area contributed by atoms with Gasteiger partial charge in [-0.15, -0.1) is 0 Å². The SMILES string of the molecule is COc1ccc2c(c1OC)C1=C(CCC1)CCC2. The van der Waals surface area contributed by atoms with Crippen LogP contribution in [0.5, 0.6) is 11.5 Å². The molecule has 2 nitrogen and oxygen atoms in total. The number of rotatable bonds is 2. The fourth-order valence-electron chi connectivity index (χ4n) is 3.38. The molecular weight excluding hydrogens is 224 g/mol. The monoisotopic (exact) mass is 244 g/mol. The minimum atomic E-state index is 0.858. The van der Waals surface area contributed by atoms with E-state index in [9.17, 15) is 0 Å². The number of allylic oxidation sites excluding steroid dienone is 2. The minimum Gasteiger partial charge on any atom is -0.493 e. The summed E-state index contributed by atoms with van der Waals surface area (Å²) in [6.07, 6.45) is 7.45. The van der Waals surface area contributed by atoms with Crippen LogP contribution in [0.15, 0.2) is 17.7 Å². The van der Waals surface area contributed by atoms with Crippen molar-refractivity contribution in [2.24, 2.45) is 0 Å². The quantitative estimate of drug-likeness (QED) is 0.783. The highest BCUT2D eigenvalue weighted by Crippen LogP contribution is 2.47. The van der Waals surface area contributed by atoms with Gasteiger partial charge in [-0.2, -0.15) is 0 Å². The molecule has 2 aliphatic carbocycles. The van der Waals surface area contributed by atoms with E-state index in [1.165, 1.54) is 43.2 Å². The summed E-state index contributed by atoms with van der Waals surface area (Å²) < 4.78 is 11.1. The average Bonchev–Trinajstić information content (AvgIpc) is 2.79. The fourth-order valence-corrected chi connectivity index (χ4v) is 3.38. The van der Waals surface area contributed by atoms with Gasteiger partial charge in [-0.25, -0.2) is 0 Å². The van der Waals surface area contributed by atoms with Gasteiger partial charge in [-0.05, 0) is 55.7 Å². The average molecular weight is 244 g/mol. The van der Waals surface area contributed by atoms with Gasteiger partial charge in [-0.1, -0.05) is 11.6 Å². The lowest BCUT2D eigenvalue weighted by Crippen LogP contribution is -1.99. The molecule has 0 spiro atoms. The first kappa shape index (κ1) is 11.6. The van der Waals surface area contributed by atoms with Crippen molar-refractivity contribution >= 4 is 5.57 Å². The van der Waals surface area contributed by atoms with Crippen LogP contribution in [-0.4, -0.2) is 14.2 Å². The second-order valence-corrected chi connectivity index (χ2v) is 5.12. The maximum Gasteiger partial charge on any atom is 0.168 e. The van der Waals surface area contributed by atoms with Crippen molar-refractivity contribution in [2.75, 3.05) is 14.2 Å². The molecule has 18 heavy (non-hydrogen) atoms. The molecule has 0 aromatic heterocycles. The molecule has 3 rings (SSSR count). The largest absolute Gasteiger partial charge is 0.493 e. The van der Waals surface area contributed by atoms with Crippen molar-refractivity contribution < 1.29 is 9.47 Å². The number of aryl methyl sites for hydroxylation is 1. The molecule has 0 radical (unpaired) electrons. The number of benzene rings is 1. The van der Waals surface area contributed by atoms with Crippen LogP contribution in [0.25, 0.3) is 5.57 Å². The summed E-state index contributed by atoms with van der Waals surface area (Å²) in [4.78, 5) is 0. The molecule has 2 aliphatic rings. The van der Waals surface area contributed by atoms with Crippen molar-refractivity contribution in [1.29, 1.82) is 0 Å². The van der Waals surface area contributed by atoms with Crippen LogP contribution in [0.3, 0.4) is 0 Å². The molecule has 1 aromatic carbocycles. The highest BCUT2D eigenvalue weighted by atomic mass is 16.5. The third kappa shape index (κ3) is 1.71. The van der Waals surface area contributed by atoms with Gasteiger partial charge < -0.3 is 9.47 Å². The Morgan fingerprint density at radius 3 is 2.39 bits per heavy atom. The normalized spacial score (nSPS) is 18.1. The van der Waals surface area contributed by atoms with Gasteiger partial charge in [-0.3, -0.25) is 0 Å². The van der Waals surface area contributed by atoms with Crippen LogP contribution in [0.1, 0.15) is 43.2 Å². The zero-order valence-electron chi connectivity index (χ0n) is 11.2. The van der Waals surface area contributed by atoms with E-state index in [0.29, 0.717) is 0 Å². The Hall–Kier alpha value is -1.44. The Balaban J connectivity index is 2.23. The topological polar surface area (TPSA) is 18.5 Å². The summed E-state index contributed by atoms with van der Waals surface area (Å²) >= 11 is 0. The van der Waals surface area contributed by atoms with Gasteiger partial charge in [0, 0.05) is 5.56 Å². The first-order chi connectivity index (χ1) is 8.85. The third-order valence-corrected chi connectivity index (χ3v) is 4.19. The number of fused-ring (bicyclic) bond motifs is 2. The van der Waals surface area contributed by atoms with Gasteiger partial charge in [0.1, 0.15) is 0 Å².